The van der Waals surface area contributed by atoms with Crippen LogP contribution in [-0.2, 0) is 14.3 Å². The summed E-state index contributed by atoms with van der Waals surface area (Å²) in [4.78, 5) is 41.1. The number of carbonyl (C=O) groups excluding carboxylic acids is 3. The Balaban J connectivity index is 1.27. The van der Waals surface area contributed by atoms with Crippen molar-refractivity contribution < 1.29 is 19.1 Å². The third-order valence-corrected chi connectivity index (χ3v) is 7.01. The number of amides is 3. The van der Waals surface area contributed by atoms with Crippen LogP contribution in [-0.4, -0.2) is 34.5 Å². The van der Waals surface area contributed by atoms with E-state index in [1.165, 1.54) is 0 Å². The maximum atomic E-state index is 13.1. The molecule has 5 rings (SSSR count). The summed E-state index contributed by atoms with van der Waals surface area (Å²) in [6.07, 6.45) is 6.10. The van der Waals surface area contributed by atoms with E-state index in [2.05, 4.69) is 20.9 Å². The summed E-state index contributed by atoms with van der Waals surface area (Å²) in [7, 11) is 0. The van der Waals surface area contributed by atoms with Gasteiger partial charge < -0.3 is 25.7 Å². The van der Waals surface area contributed by atoms with Crippen LogP contribution in [0.4, 0.5) is 16.2 Å². The highest BCUT2D eigenvalue weighted by Crippen LogP contribution is 2.41. The molecule has 1 aromatic heterocycles. The number of rotatable bonds is 5. The van der Waals surface area contributed by atoms with E-state index in [1.54, 1.807) is 0 Å². The zero-order chi connectivity index (χ0) is 27.6. The summed E-state index contributed by atoms with van der Waals surface area (Å²) < 4.78 is 5.35. The van der Waals surface area contributed by atoms with Crippen LogP contribution in [0.15, 0.2) is 60.8 Å². The number of aromatic nitrogens is 1. The van der Waals surface area contributed by atoms with Gasteiger partial charge in [0, 0.05) is 40.8 Å². The first-order valence-corrected chi connectivity index (χ1v) is 13.4. The lowest BCUT2D eigenvalue weighted by Crippen LogP contribution is -2.42. The van der Waals surface area contributed by atoms with Crippen molar-refractivity contribution >= 4 is 40.9 Å². The van der Waals surface area contributed by atoms with Gasteiger partial charge in [-0.3, -0.25) is 9.59 Å². The summed E-state index contributed by atoms with van der Waals surface area (Å²) in [5.41, 5.74) is 5.03. The lowest BCUT2D eigenvalue weighted by atomic mass is 9.85. The van der Waals surface area contributed by atoms with Gasteiger partial charge in [0.2, 0.25) is 5.91 Å². The molecule has 0 spiro atoms. The van der Waals surface area contributed by atoms with E-state index >= 15 is 0 Å². The first kappa shape index (κ1) is 26.3. The summed E-state index contributed by atoms with van der Waals surface area (Å²) in [6, 6.07) is 17.3. The van der Waals surface area contributed by atoms with E-state index in [0.717, 1.165) is 40.9 Å². The fourth-order valence-corrected chi connectivity index (χ4v) is 5.20. The van der Waals surface area contributed by atoms with Gasteiger partial charge in [-0.1, -0.05) is 24.3 Å². The third-order valence-electron chi connectivity index (χ3n) is 7.01. The van der Waals surface area contributed by atoms with Crippen LogP contribution < -0.4 is 16.0 Å². The van der Waals surface area contributed by atoms with E-state index in [1.807, 2.05) is 87.6 Å². The molecule has 2 heterocycles. The number of nitrogens with one attached hydrogen (secondary N) is 4. The molecule has 0 saturated heterocycles. The van der Waals surface area contributed by atoms with Gasteiger partial charge in [0.1, 0.15) is 5.60 Å². The highest BCUT2D eigenvalue weighted by atomic mass is 16.6. The molecule has 2 aliphatic rings. The molecule has 8 nitrogen and oxygen atoms in total. The molecule has 3 amide bonds. The van der Waals surface area contributed by atoms with Crippen molar-refractivity contribution in [1.29, 1.82) is 0 Å². The number of alkyl carbamates (subject to hydrolysis) is 1. The molecule has 202 valence electrons. The fraction of sp³-hybridized carbons (Fsp3) is 0.323. The molecule has 1 aliphatic carbocycles. The van der Waals surface area contributed by atoms with Gasteiger partial charge >= 0.3 is 6.09 Å². The Labute approximate surface area is 228 Å². The van der Waals surface area contributed by atoms with Crippen molar-refractivity contribution in [2.75, 3.05) is 10.6 Å². The van der Waals surface area contributed by atoms with Crippen molar-refractivity contribution in [1.82, 2.24) is 10.3 Å². The maximum Gasteiger partial charge on any atom is 0.407 e. The minimum absolute atomic E-state index is 0.0111. The molecule has 0 atom stereocenters. The quantitative estimate of drug-likeness (QED) is 0.297. The Bertz CT molecular complexity index is 1410. The van der Waals surface area contributed by atoms with Crippen molar-refractivity contribution in [2.45, 2.75) is 58.1 Å². The molecule has 3 aromatic rings. The zero-order valence-electron chi connectivity index (χ0n) is 22.5. The predicted octanol–water partition coefficient (Wildman–Crippen LogP) is 6.20. The largest absolute Gasteiger partial charge is 0.444 e. The van der Waals surface area contributed by atoms with Crippen LogP contribution in [0.5, 0.6) is 0 Å². The molecule has 8 heteroatoms. The number of H-pyrrole nitrogens is 1. The lowest BCUT2D eigenvalue weighted by Gasteiger charge is -2.29. The van der Waals surface area contributed by atoms with E-state index in [4.69, 9.17) is 4.74 Å². The molecule has 1 aliphatic heterocycles. The van der Waals surface area contributed by atoms with Crippen LogP contribution in [0.25, 0.3) is 22.8 Å². The first-order valence-electron chi connectivity index (χ1n) is 13.4. The summed E-state index contributed by atoms with van der Waals surface area (Å²) in [6.45, 7) is 5.51. The Morgan fingerprint density at radius 1 is 1.00 bits per heavy atom. The van der Waals surface area contributed by atoms with Crippen LogP contribution >= 0.6 is 0 Å². The van der Waals surface area contributed by atoms with Gasteiger partial charge in [0.25, 0.3) is 5.91 Å². The average molecular weight is 527 g/mol. The van der Waals surface area contributed by atoms with E-state index < -0.39 is 11.7 Å². The number of carbonyl (C=O) groups is 3. The fourth-order valence-electron chi connectivity index (χ4n) is 5.20. The van der Waals surface area contributed by atoms with Crippen molar-refractivity contribution in [3.63, 3.8) is 0 Å². The Kier molecular flexibility index (Phi) is 7.28. The molecule has 0 bridgehead atoms. The van der Waals surface area contributed by atoms with Crippen LogP contribution in [0, 0.1) is 5.92 Å². The molecule has 39 heavy (non-hydrogen) atoms. The van der Waals surface area contributed by atoms with E-state index in [9.17, 15) is 14.4 Å². The molecular weight excluding hydrogens is 492 g/mol. The van der Waals surface area contributed by atoms with Gasteiger partial charge in [-0.2, -0.15) is 0 Å². The second-order valence-electron chi connectivity index (χ2n) is 11.1. The van der Waals surface area contributed by atoms with Gasteiger partial charge in [-0.05, 0) is 94.0 Å². The van der Waals surface area contributed by atoms with Gasteiger partial charge in [-0.25, -0.2) is 4.79 Å². The maximum absolute atomic E-state index is 13.1. The number of anilines is 2. The summed E-state index contributed by atoms with van der Waals surface area (Å²) in [5, 5.41) is 8.96. The van der Waals surface area contributed by atoms with Crippen molar-refractivity contribution in [3.8, 4) is 11.1 Å². The van der Waals surface area contributed by atoms with Gasteiger partial charge in [-0.15, -0.1) is 0 Å². The molecule has 1 fully saturated rings. The lowest BCUT2D eigenvalue weighted by molar-refractivity contribution is -0.120. The van der Waals surface area contributed by atoms with Gasteiger partial charge in [0.05, 0.1) is 5.57 Å². The SMILES string of the molecule is CC(C)(C)OC(=O)NC1CCC(C(=O)Nc2cccc(-c3cccc4c3/C(=C/c3ccc[nH]3)C(=O)N4)c2)CC1. The average Bonchev–Trinajstić information content (AvgIpc) is 3.51. The number of fused-ring (bicyclic) bond motifs is 1. The monoisotopic (exact) mass is 526 g/mol. The third kappa shape index (κ3) is 6.22. The second-order valence-corrected chi connectivity index (χ2v) is 11.1. The number of ether oxygens (including phenoxy) is 1. The van der Waals surface area contributed by atoms with E-state index in [-0.39, 0.29) is 23.8 Å². The van der Waals surface area contributed by atoms with Crippen LogP contribution in [0.2, 0.25) is 0 Å². The normalized spacial score (nSPS) is 19.8. The van der Waals surface area contributed by atoms with Crippen LogP contribution in [0.3, 0.4) is 0 Å². The highest BCUT2D eigenvalue weighted by molar-refractivity contribution is 6.36. The van der Waals surface area contributed by atoms with Gasteiger partial charge in [0.15, 0.2) is 0 Å². The zero-order valence-corrected chi connectivity index (χ0v) is 22.5. The number of benzene rings is 2. The van der Waals surface area contributed by atoms with Crippen LogP contribution in [0.1, 0.15) is 57.7 Å². The highest BCUT2D eigenvalue weighted by Gasteiger charge is 2.29. The number of hydrogen-bond donors (Lipinski definition) is 4. The summed E-state index contributed by atoms with van der Waals surface area (Å²) in [5.74, 6) is -0.290. The minimum Gasteiger partial charge on any atom is -0.444 e. The molecular formula is C31H34N4O4. The second kappa shape index (κ2) is 10.8. The van der Waals surface area contributed by atoms with Crippen molar-refractivity contribution in [2.24, 2.45) is 5.92 Å². The molecule has 2 aromatic carbocycles. The predicted molar refractivity (Wildman–Crippen MR) is 153 cm³/mol. The molecule has 1 saturated carbocycles. The van der Waals surface area contributed by atoms with E-state index in [0.29, 0.717) is 24.1 Å². The Morgan fingerprint density at radius 3 is 2.49 bits per heavy atom. The Hall–Kier alpha value is -4.33. The standard InChI is InChI=1S/C31H34N4O4/c1-31(2,3)39-30(38)34-21-14-12-19(13-15-21)28(36)33-23-8-4-7-20(17-23)24-10-5-11-26-27(24)25(29(37)35-26)18-22-9-6-16-32-22/h4-11,16-19,21,32H,12-15H2,1-3H3,(H,33,36)(H,34,38)(H,35,37)/b25-18-. The topological polar surface area (TPSA) is 112 Å². The van der Waals surface area contributed by atoms with Crippen molar-refractivity contribution in [3.05, 3.63) is 72.1 Å². The number of aromatic amines is 1. The Morgan fingerprint density at radius 2 is 1.77 bits per heavy atom. The molecule has 0 unspecified atom stereocenters. The molecule has 4 N–H and O–H groups in total. The minimum atomic E-state index is -0.540. The summed E-state index contributed by atoms with van der Waals surface area (Å²) >= 11 is 0. The molecule has 0 radical (unpaired) electrons. The first-order chi connectivity index (χ1) is 18.7. The number of hydrogen-bond acceptors (Lipinski definition) is 4. The smallest absolute Gasteiger partial charge is 0.407 e.